The maximum absolute atomic E-state index is 6.02. The molecule has 0 saturated carbocycles. The monoisotopic (exact) mass is 276 g/mol. The molecule has 2 rings (SSSR count). The zero-order valence-corrected chi connectivity index (χ0v) is 13.0. The molecule has 0 aromatic heterocycles. The molecule has 2 atom stereocenters. The van der Waals surface area contributed by atoms with Gasteiger partial charge in [-0.05, 0) is 63.7 Å². The van der Waals surface area contributed by atoms with Crippen LogP contribution in [-0.4, -0.2) is 37.2 Å². The number of para-hydroxylation sites is 1. The molecule has 2 unspecified atom stereocenters. The molecular formula is C17H28N2O. The van der Waals surface area contributed by atoms with Crippen LogP contribution >= 0.6 is 0 Å². The third-order valence-corrected chi connectivity index (χ3v) is 4.65. The largest absolute Gasteiger partial charge is 0.496 e. The van der Waals surface area contributed by atoms with Crippen molar-refractivity contribution in [3.8, 4) is 5.75 Å². The Hall–Kier alpha value is -1.06. The molecule has 1 aliphatic rings. The van der Waals surface area contributed by atoms with E-state index in [1.807, 2.05) is 12.1 Å². The van der Waals surface area contributed by atoms with E-state index in [2.05, 4.69) is 30.9 Å². The number of hydrogen-bond acceptors (Lipinski definition) is 3. The summed E-state index contributed by atoms with van der Waals surface area (Å²) in [7, 11) is 1.75. The molecule has 1 aromatic carbocycles. The van der Waals surface area contributed by atoms with Crippen LogP contribution in [-0.2, 0) is 6.42 Å². The molecule has 112 valence electrons. The van der Waals surface area contributed by atoms with Crippen LogP contribution in [0, 0.1) is 5.92 Å². The fourth-order valence-electron chi connectivity index (χ4n) is 3.20. The van der Waals surface area contributed by atoms with Gasteiger partial charge in [0.25, 0.3) is 0 Å². The molecule has 0 amide bonds. The van der Waals surface area contributed by atoms with E-state index >= 15 is 0 Å². The standard InChI is InChI=1S/C17H28N2O/c1-13(12-16-6-4-5-7-17(16)20-3)19-10-8-15(9-11-19)14(2)18/h4-7,13-15H,8-12,18H2,1-3H3. The minimum atomic E-state index is 0.335. The van der Waals surface area contributed by atoms with Crippen molar-refractivity contribution in [2.75, 3.05) is 20.2 Å². The smallest absolute Gasteiger partial charge is 0.122 e. The van der Waals surface area contributed by atoms with Crippen molar-refractivity contribution in [1.29, 1.82) is 0 Å². The third kappa shape index (κ3) is 3.74. The second kappa shape index (κ2) is 7.09. The Morgan fingerprint density at radius 2 is 1.90 bits per heavy atom. The average molecular weight is 276 g/mol. The molecule has 1 aromatic rings. The summed E-state index contributed by atoms with van der Waals surface area (Å²) in [5, 5.41) is 0. The first-order valence-electron chi connectivity index (χ1n) is 7.73. The molecule has 20 heavy (non-hydrogen) atoms. The highest BCUT2D eigenvalue weighted by Crippen LogP contribution is 2.24. The number of benzene rings is 1. The summed E-state index contributed by atoms with van der Waals surface area (Å²) >= 11 is 0. The van der Waals surface area contributed by atoms with E-state index in [4.69, 9.17) is 10.5 Å². The first-order chi connectivity index (χ1) is 9.61. The second-order valence-corrected chi connectivity index (χ2v) is 6.10. The summed E-state index contributed by atoms with van der Waals surface area (Å²) in [6, 6.07) is 9.23. The van der Waals surface area contributed by atoms with Gasteiger partial charge in [0, 0.05) is 12.1 Å². The maximum Gasteiger partial charge on any atom is 0.122 e. The first kappa shape index (κ1) is 15.3. The van der Waals surface area contributed by atoms with Gasteiger partial charge in [-0.25, -0.2) is 0 Å². The average Bonchev–Trinajstić information content (AvgIpc) is 2.48. The summed E-state index contributed by atoms with van der Waals surface area (Å²) in [6.45, 7) is 6.79. The van der Waals surface area contributed by atoms with Crippen LogP contribution in [0.3, 0.4) is 0 Å². The molecule has 3 nitrogen and oxygen atoms in total. The van der Waals surface area contributed by atoms with Crippen LogP contribution in [0.25, 0.3) is 0 Å². The molecule has 1 fully saturated rings. The van der Waals surface area contributed by atoms with Crippen molar-refractivity contribution in [1.82, 2.24) is 4.90 Å². The van der Waals surface area contributed by atoms with Gasteiger partial charge in [0.05, 0.1) is 7.11 Å². The van der Waals surface area contributed by atoms with Gasteiger partial charge in [-0.15, -0.1) is 0 Å². The van der Waals surface area contributed by atoms with Crippen LogP contribution in [0.5, 0.6) is 5.75 Å². The van der Waals surface area contributed by atoms with E-state index in [1.54, 1.807) is 7.11 Å². The predicted octanol–water partition coefficient (Wildman–Crippen LogP) is 2.69. The summed E-state index contributed by atoms with van der Waals surface area (Å²) < 4.78 is 5.45. The molecule has 1 heterocycles. The van der Waals surface area contributed by atoms with E-state index in [9.17, 15) is 0 Å². The predicted molar refractivity (Wildman–Crippen MR) is 84.1 cm³/mol. The van der Waals surface area contributed by atoms with Crippen LogP contribution < -0.4 is 10.5 Å². The lowest BCUT2D eigenvalue weighted by atomic mass is 9.90. The summed E-state index contributed by atoms with van der Waals surface area (Å²) in [6.07, 6.45) is 3.51. The van der Waals surface area contributed by atoms with Crippen LogP contribution in [0.15, 0.2) is 24.3 Å². The van der Waals surface area contributed by atoms with Crippen LogP contribution in [0.1, 0.15) is 32.3 Å². The summed E-state index contributed by atoms with van der Waals surface area (Å²) in [4.78, 5) is 2.59. The third-order valence-electron chi connectivity index (χ3n) is 4.65. The minimum Gasteiger partial charge on any atom is -0.496 e. The first-order valence-corrected chi connectivity index (χ1v) is 7.73. The lowest BCUT2D eigenvalue weighted by Gasteiger charge is -2.37. The van der Waals surface area contributed by atoms with Crippen molar-refractivity contribution in [2.24, 2.45) is 11.7 Å². The maximum atomic E-state index is 6.02. The number of ether oxygens (including phenoxy) is 1. The second-order valence-electron chi connectivity index (χ2n) is 6.10. The molecule has 1 saturated heterocycles. The molecule has 0 spiro atoms. The van der Waals surface area contributed by atoms with E-state index < -0.39 is 0 Å². The fourth-order valence-corrected chi connectivity index (χ4v) is 3.20. The normalized spacial score (nSPS) is 20.6. The number of rotatable bonds is 5. The Morgan fingerprint density at radius 3 is 2.50 bits per heavy atom. The SMILES string of the molecule is COc1ccccc1CC(C)N1CCC(C(C)N)CC1. The van der Waals surface area contributed by atoms with Gasteiger partial charge in [0.2, 0.25) is 0 Å². The summed E-state index contributed by atoms with van der Waals surface area (Å²) in [5.41, 5.74) is 7.32. The molecular weight excluding hydrogens is 248 g/mol. The van der Waals surface area contributed by atoms with E-state index in [-0.39, 0.29) is 0 Å². The lowest BCUT2D eigenvalue weighted by molar-refractivity contribution is 0.131. The highest BCUT2D eigenvalue weighted by atomic mass is 16.5. The molecule has 0 bridgehead atoms. The van der Waals surface area contributed by atoms with Crippen molar-refractivity contribution < 1.29 is 4.74 Å². The number of nitrogens with two attached hydrogens (primary N) is 1. The molecule has 2 N–H and O–H groups in total. The minimum absolute atomic E-state index is 0.335. The van der Waals surface area contributed by atoms with Gasteiger partial charge in [0.1, 0.15) is 5.75 Å². The van der Waals surface area contributed by atoms with Gasteiger partial charge >= 0.3 is 0 Å². The highest BCUT2D eigenvalue weighted by molar-refractivity contribution is 5.33. The van der Waals surface area contributed by atoms with Crippen molar-refractivity contribution >= 4 is 0 Å². The Balaban J connectivity index is 1.91. The van der Waals surface area contributed by atoms with Gasteiger partial charge in [0.15, 0.2) is 0 Å². The molecule has 1 aliphatic heterocycles. The molecule has 0 radical (unpaired) electrons. The topological polar surface area (TPSA) is 38.5 Å². The van der Waals surface area contributed by atoms with Gasteiger partial charge in [-0.2, -0.15) is 0 Å². The highest BCUT2D eigenvalue weighted by Gasteiger charge is 2.25. The van der Waals surface area contributed by atoms with E-state index in [0.717, 1.165) is 12.2 Å². The van der Waals surface area contributed by atoms with E-state index in [1.165, 1.54) is 31.5 Å². The van der Waals surface area contributed by atoms with Gasteiger partial charge in [-0.1, -0.05) is 18.2 Å². The van der Waals surface area contributed by atoms with Crippen LogP contribution in [0.2, 0.25) is 0 Å². The van der Waals surface area contributed by atoms with Crippen molar-refractivity contribution in [2.45, 2.75) is 45.2 Å². The number of hydrogen-bond donors (Lipinski definition) is 1. The fraction of sp³-hybridized carbons (Fsp3) is 0.647. The quantitative estimate of drug-likeness (QED) is 0.898. The number of piperidine rings is 1. The Morgan fingerprint density at radius 1 is 1.25 bits per heavy atom. The number of methoxy groups -OCH3 is 1. The molecule has 3 heteroatoms. The van der Waals surface area contributed by atoms with E-state index in [0.29, 0.717) is 18.0 Å². The van der Waals surface area contributed by atoms with Gasteiger partial charge in [-0.3, -0.25) is 0 Å². The van der Waals surface area contributed by atoms with Crippen molar-refractivity contribution in [3.63, 3.8) is 0 Å². The number of nitrogens with zero attached hydrogens (tertiary/aromatic N) is 1. The Bertz CT molecular complexity index is 411. The Labute approximate surface area is 123 Å². The molecule has 0 aliphatic carbocycles. The zero-order valence-electron chi connectivity index (χ0n) is 13.0. The van der Waals surface area contributed by atoms with Crippen LogP contribution in [0.4, 0.5) is 0 Å². The summed E-state index contributed by atoms with van der Waals surface area (Å²) in [5.74, 6) is 1.70. The number of likely N-dealkylation sites (tertiary alicyclic amines) is 1. The zero-order chi connectivity index (χ0) is 14.5. The van der Waals surface area contributed by atoms with Gasteiger partial charge < -0.3 is 15.4 Å². The Kier molecular flexibility index (Phi) is 5.44. The lowest BCUT2D eigenvalue weighted by Crippen LogP contribution is -2.44. The van der Waals surface area contributed by atoms with Crippen molar-refractivity contribution in [3.05, 3.63) is 29.8 Å².